The molecule has 0 aromatic heterocycles. The summed E-state index contributed by atoms with van der Waals surface area (Å²) in [5, 5.41) is 21.1. The van der Waals surface area contributed by atoms with Gasteiger partial charge in [-0.2, -0.15) is 0 Å². The Morgan fingerprint density at radius 2 is 1.22 bits per heavy atom. The van der Waals surface area contributed by atoms with Crippen LogP contribution >= 0.6 is 0 Å². The second-order valence-electron chi connectivity index (χ2n) is 5.74. The van der Waals surface area contributed by atoms with Crippen molar-refractivity contribution in [2.24, 2.45) is 0 Å². The van der Waals surface area contributed by atoms with Crippen LogP contribution in [0, 0.1) is 0 Å². The van der Waals surface area contributed by atoms with Crippen LogP contribution < -0.4 is 5.32 Å². The van der Waals surface area contributed by atoms with Gasteiger partial charge in [0.2, 0.25) is 0 Å². The summed E-state index contributed by atoms with van der Waals surface area (Å²) < 4.78 is 0. The summed E-state index contributed by atoms with van der Waals surface area (Å²) in [4.78, 5) is 2.15. The third-order valence-electron chi connectivity index (χ3n) is 3.38. The highest BCUT2D eigenvalue weighted by molar-refractivity contribution is 5.26. The molecular formula is C19H28N2O2. The first kappa shape index (κ1) is 19.0. The number of nitrogens with zero attached hydrogens (tertiary/aromatic N) is 1. The SMILES string of the molecule is CN(C)CCc1ccc(O)cc1.CNCCc1ccc(O)cc1. The first-order valence-corrected chi connectivity index (χ1v) is 7.86. The molecule has 0 saturated heterocycles. The second-order valence-corrected chi connectivity index (χ2v) is 5.74. The molecule has 0 amide bonds. The van der Waals surface area contributed by atoms with Gasteiger partial charge in [-0.15, -0.1) is 0 Å². The van der Waals surface area contributed by atoms with E-state index in [0.29, 0.717) is 11.5 Å². The number of nitrogens with one attached hydrogen (secondary N) is 1. The summed E-state index contributed by atoms with van der Waals surface area (Å²) in [6, 6.07) is 14.7. The van der Waals surface area contributed by atoms with Gasteiger partial charge in [-0.25, -0.2) is 0 Å². The van der Waals surface area contributed by atoms with Crippen LogP contribution in [0.1, 0.15) is 11.1 Å². The van der Waals surface area contributed by atoms with E-state index < -0.39 is 0 Å². The summed E-state index contributed by atoms with van der Waals surface area (Å²) in [6.45, 7) is 2.02. The molecule has 0 bridgehead atoms. The predicted octanol–water partition coefficient (Wildman–Crippen LogP) is 2.65. The second kappa shape index (κ2) is 10.6. The maximum Gasteiger partial charge on any atom is 0.115 e. The van der Waals surface area contributed by atoms with Gasteiger partial charge in [0.25, 0.3) is 0 Å². The minimum absolute atomic E-state index is 0.332. The Kier molecular flexibility index (Phi) is 8.80. The smallest absolute Gasteiger partial charge is 0.115 e. The molecule has 2 aromatic carbocycles. The molecule has 4 heteroatoms. The number of likely N-dealkylation sites (N-methyl/N-ethyl adjacent to an activating group) is 2. The molecule has 0 aliphatic heterocycles. The van der Waals surface area contributed by atoms with Crippen molar-refractivity contribution in [3.05, 3.63) is 59.7 Å². The number of hydrogen-bond donors (Lipinski definition) is 3. The highest BCUT2D eigenvalue weighted by Crippen LogP contribution is 2.10. The van der Waals surface area contributed by atoms with E-state index in [0.717, 1.165) is 25.9 Å². The molecule has 2 aromatic rings. The molecule has 126 valence electrons. The van der Waals surface area contributed by atoms with Gasteiger partial charge in [-0.3, -0.25) is 0 Å². The number of aromatic hydroxyl groups is 2. The van der Waals surface area contributed by atoms with Crippen LogP contribution in [-0.2, 0) is 12.8 Å². The Balaban J connectivity index is 0.000000231. The summed E-state index contributed by atoms with van der Waals surface area (Å²) >= 11 is 0. The van der Waals surface area contributed by atoms with Gasteiger partial charge < -0.3 is 20.4 Å². The maximum absolute atomic E-state index is 9.02. The van der Waals surface area contributed by atoms with E-state index in [1.807, 2.05) is 31.3 Å². The van der Waals surface area contributed by atoms with E-state index in [2.05, 4.69) is 24.3 Å². The lowest BCUT2D eigenvalue weighted by Crippen LogP contribution is -2.14. The molecule has 4 nitrogen and oxygen atoms in total. The molecular weight excluding hydrogens is 288 g/mol. The van der Waals surface area contributed by atoms with E-state index >= 15 is 0 Å². The van der Waals surface area contributed by atoms with Crippen molar-refractivity contribution in [3.63, 3.8) is 0 Å². The number of phenols is 2. The van der Waals surface area contributed by atoms with Crippen LogP contribution in [0.3, 0.4) is 0 Å². The van der Waals surface area contributed by atoms with Crippen molar-refractivity contribution in [1.82, 2.24) is 10.2 Å². The fraction of sp³-hybridized carbons (Fsp3) is 0.368. The van der Waals surface area contributed by atoms with Crippen molar-refractivity contribution < 1.29 is 10.2 Å². The van der Waals surface area contributed by atoms with Gasteiger partial charge in [0.15, 0.2) is 0 Å². The maximum atomic E-state index is 9.02. The number of rotatable bonds is 6. The third-order valence-corrected chi connectivity index (χ3v) is 3.38. The van der Waals surface area contributed by atoms with Gasteiger partial charge in [0, 0.05) is 6.54 Å². The van der Waals surface area contributed by atoms with Crippen LogP contribution in [0.4, 0.5) is 0 Å². The summed E-state index contributed by atoms with van der Waals surface area (Å²) in [6.07, 6.45) is 2.05. The molecule has 0 heterocycles. The number of benzene rings is 2. The molecule has 23 heavy (non-hydrogen) atoms. The lowest BCUT2D eigenvalue weighted by Gasteiger charge is -2.08. The van der Waals surface area contributed by atoms with Crippen LogP contribution in [0.25, 0.3) is 0 Å². The van der Waals surface area contributed by atoms with E-state index in [1.54, 1.807) is 24.3 Å². The van der Waals surface area contributed by atoms with Crippen molar-refractivity contribution in [2.45, 2.75) is 12.8 Å². The third kappa shape index (κ3) is 8.86. The fourth-order valence-corrected chi connectivity index (χ4v) is 1.95. The molecule has 0 spiro atoms. The van der Waals surface area contributed by atoms with Gasteiger partial charge in [0.1, 0.15) is 11.5 Å². The monoisotopic (exact) mass is 316 g/mol. The van der Waals surface area contributed by atoms with Crippen molar-refractivity contribution in [3.8, 4) is 11.5 Å². The van der Waals surface area contributed by atoms with Crippen LogP contribution in [-0.4, -0.2) is 49.3 Å². The first-order chi connectivity index (χ1) is 11.0. The van der Waals surface area contributed by atoms with Crippen LogP contribution in [0.5, 0.6) is 11.5 Å². The highest BCUT2D eigenvalue weighted by atomic mass is 16.3. The lowest BCUT2D eigenvalue weighted by atomic mass is 10.1. The average molecular weight is 316 g/mol. The molecule has 2 rings (SSSR count). The van der Waals surface area contributed by atoms with Crippen LogP contribution in [0.2, 0.25) is 0 Å². The largest absolute Gasteiger partial charge is 0.508 e. The predicted molar refractivity (Wildman–Crippen MR) is 96.1 cm³/mol. The number of hydrogen-bond acceptors (Lipinski definition) is 4. The van der Waals surface area contributed by atoms with Crippen molar-refractivity contribution >= 4 is 0 Å². The molecule has 0 aliphatic rings. The zero-order valence-electron chi connectivity index (χ0n) is 14.3. The summed E-state index contributed by atoms with van der Waals surface area (Å²) in [5.74, 6) is 0.668. The average Bonchev–Trinajstić information content (AvgIpc) is 2.54. The Hall–Kier alpha value is -2.04. The summed E-state index contributed by atoms with van der Waals surface area (Å²) in [7, 11) is 6.04. The Labute approximate surface area is 139 Å². The molecule has 0 unspecified atom stereocenters. The Bertz CT molecular complexity index is 536. The Morgan fingerprint density at radius 1 is 0.783 bits per heavy atom. The van der Waals surface area contributed by atoms with Gasteiger partial charge in [0.05, 0.1) is 0 Å². The van der Waals surface area contributed by atoms with E-state index in [1.165, 1.54) is 11.1 Å². The molecule has 0 fully saturated rings. The Morgan fingerprint density at radius 3 is 1.61 bits per heavy atom. The van der Waals surface area contributed by atoms with Gasteiger partial charge >= 0.3 is 0 Å². The van der Waals surface area contributed by atoms with E-state index in [9.17, 15) is 0 Å². The lowest BCUT2D eigenvalue weighted by molar-refractivity contribution is 0.413. The summed E-state index contributed by atoms with van der Waals surface area (Å²) in [5.41, 5.74) is 2.51. The minimum atomic E-state index is 0.332. The van der Waals surface area contributed by atoms with Gasteiger partial charge in [-0.1, -0.05) is 24.3 Å². The zero-order chi connectivity index (χ0) is 17.1. The van der Waals surface area contributed by atoms with Gasteiger partial charge in [-0.05, 0) is 75.9 Å². The minimum Gasteiger partial charge on any atom is -0.508 e. The van der Waals surface area contributed by atoms with Crippen molar-refractivity contribution in [1.29, 1.82) is 0 Å². The topological polar surface area (TPSA) is 55.7 Å². The quantitative estimate of drug-likeness (QED) is 0.767. The van der Waals surface area contributed by atoms with Crippen molar-refractivity contribution in [2.75, 3.05) is 34.2 Å². The molecule has 3 N–H and O–H groups in total. The molecule has 0 aliphatic carbocycles. The fourth-order valence-electron chi connectivity index (χ4n) is 1.95. The number of phenolic OH excluding ortho intramolecular Hbond substituents is 2. The first-order valence-electron chi connectivity index (χ1n) is 7.86. The normalized spacial score (nSPS) is 10.3. The van der Waals surface area contributed by atoms with E-state index in [-0.39, 0.29) is 0 Å². The van der Waals surface area contributed by atoms with Crippen LogP contribution in [0.15, 0.2) is 48.5 Å². The zero-order valence-corrected chi connectivity index (χ0v) is 14.3. The highest BCUT2D eigenvalue weighted by Gasteiger charge is 1.94. The molecule has 0 atom stereocenters. The standard InChI is InChI=1S/C10H15NO.C9H13NO/c1-11(2)8-7-9-3-5-10(12)6-4-9;1-10-7-6-8-2-4-9(11)5-3-8/h3-6,12H,7-8H2,1-2H3;2-5,10-11H,6-7H2,1H3. The van der Waals surface area contributed by atoms with E-state index in [4.69, 9.17) is 10.2 Å². The molecule has 0 saturated carbocycles. The molecule has 0 radical (unpaired) electrons.